The van der Waals surface area contributed by atoms with E-state index in [1.165, 1.54) is 88.2 Å². The first-order valence-corrected chi connectivity index (χ1v) is 23.6. The molecule has 0 saturated heterocycles. The quantitative estimate of drug-likeness (QED) is 0.0437. The van der Waals surface area contributed by atoms with E-state index in [0.29, 0.717) is 11.1 Å². The fourth-order valence-corrected chi connectivity index (χ4v) is 7.74. The van der Waals surface area contributed by atoms with Gasteiger partial charge in [0, 0.05) is 0 Å². The van der Waals surface area contributed by atoms with Gasteiger partial charge in [0.25, 0.3) is 0 Å². The molecule has 0 atom stereocenters. The average molecular weight is 853 g/mol. The highest BCUT2D eigenvalue weighted by molar-refractivity contribution is 5.66. The highest BCUT2D eigenvalue weighted by Gasteiger charge is 2.04. The van der Waals surface area contributed by atoms with E-state index in [0.717, 1.165) is 97.4 Å². The van der Waals surface area contributed by atoms with Crippen molar-refractivity contribution in [3.8, 4) is 68.5 Å². The molecule has 0 aliphatic heterocycles. The second kappa shape index (κ2) is 27.5. The van der Waals surface area contributed by atoms with Crippen LogP contribution in [0.2, 0.25) is 0 Å². The number of nitriles is 2. The third-order valence-electron chi connectivity index (χ3n) is 11.6. The van der Waals surface area contributed by atoms with Crippen molar-refractivity contribution in [1.82, 2.24) is 0 Å². The molecule has 0 heterocycles. The molecular formula is C58H64N2O4. The van der Waals surface area contributed by atoms with Gasteiger partial charge < -0.3 is 18.9 Å². The Bertz CT molecular complexity index is 2110. The van der Waals surface area contributed by atoms with Crippen molar-refractivity contribution in [2.75, 3.05) is 26.4 Å². The van der Waals surface area contributed by atoms with Crippen molar-refractivity contribution in [2.24, 2.45) is 0 Å². The van der Waals surface area contributed by atoms with Gasteiger partial charge >= 0.3 is 0 Å². The minimum absolute atomic E-state index is 0.676. The maximum atomic E-state index is 8.99. The number of hydrogen-bond acceptors (Lipinski definition) is 6. The SMILES string of the molecule is N#Cc1ccc(-c2ccc(OCCCCCCCCCCOc3ccc(-c4ccc(OCCCCCCCCCCOc5ccc(-c6ccc(C#N)cc6)cc5)cc4)cc3)cc2)cc1. The minimum Gasteiger partial charge on any atom is -0.494 e. The van der Waals surface area contributed by atoms with Gasteiger partial charge in [0.05, 0.1) is 49.7 Å². The van der Waals surface area contributed by atoms with Gasteiger partial charge in [0.2, 0.25) is 0 Å². The summed E-state index contributed by atoms with van der Waals surface area (Å²) in [6, 6.07) is 52.9. The van der Waals surface area contributed by atoms with Gasteiger partial charge in [-0.05, 0) is 132 Å². The van der Waals surface area contributed by atoms with Gasteiger partial charge in [-0.3, -0.25) is 0 Å². The molecule has 6 aromatic rings. The lowest BCUT2D eigenvalue weighted by molar-refractivity contribution is 0.301. The van der Waals surface area contributed by atoms with E-state index in [2.05, 4.69) is 84.9 Å². The lowest BCUT2D eigenvalue weighted by atomic mass is 10.0. The Morgan fingerprint density at radius 2 is 0.406 bits per heavy atom. The van der Waals surface area contributed by atoms with Gasteiger partial charge in [0.15, 0.2) is 0 Å². The average Bonchev–Trinajstić information content (AvgIpc) is 3.35. The van der Waals surface area contributed by atoms with Crippen LogP contribution in [0.15, 0.2) is 146 Å². The zero-order valence-electron chi connectivity index (χ0n) is 37.5. The first kappa shape index (κ1) is 47.0. The number of benzene rings is 6. The van der Waals surface area contributed by atoms with E-state index in [1.54, 1.807) is 0 Å². The van der Waals surface area contributed by atoms with E-state index in [9.17, 15) is 0 Å². The molecule has 0 bridgehead atoms. The van der Waals surface area contributed by atoms with Crippen molar-refractivity contribution >= 4 is 0 Å². The molecule has 6 rings (SSSR count). The Morgan fingerprint density at radius 3 is 0.594 bits per heavy atom. The van der Waals surface area contributed by atoms with Crippen LogP contribution in [0.5, 0.6) is 23.0 Å². The summed E-state index contributed by atoms with van der Waals surface area (Å²) >= 11 is 0. The van der Waals surface area contributed by atoms with Crippen LogP contribution >= 0.6 is 0 Å². The number of nitrogens with zero attached hydrogens (tertiary/aromatic N) is 2. The van der Waals surface area contributed by atoms with E-state index in [4.69, 9.17) is 29.5 Å². The molecule has 0 aromatic heterocycles. The van der Waals surface area contributed by atoms with Gasteiger partial charge in [0.1, 0.15) is 23.0 Å². The molecule has 0 spiro atoms. The maximum Gasteiger partial charge on any atom is 0.119 e. The Balaban J connectivity index is 0.704. The summed E-state index contributed by atoms with van der Waals surface area (Å²) in [7, 11) is 0. The van der Waals surface area contributed by atoms with Crippen LogP contribution in [0, 0.1) is 22.7 Å². The molecule has 0 radical (unpaired) electrons. The van der Waals surface area contributed by atoms with Crippen LogP contribution in [-0.4, -0.2) is 26.4 Å². The smallest absolute Gasteiger partial charge is 0.119 e. The molecule has 6 aromatic carbocycles. The van der Waals surface area contributed by atoms with Crippen molar-refractivity contribution in [2.45, 2.75) is 103 Å². The first-order chi connectivity index (χ1) is 31.7. The van der Waals surface area contributed by atoms with Crippen LogP contribution in [0.4, 0.5) is 0 Å². The van der Waals surface area contributed by atoms with Crippen LogP contribution in [0.25, 0.3) is 33.4 Å². The van der Waals surface area contributed by atoms with Gasteiger partial charge in [-0.25, -0.2) is 0 Å². The highest BCUT2D eigenvalue weighted by Crippen LogP contribution is 2.27. The fourth-order valence-electron chi connectivity index (χ4n) is 7.74. The van der Waals surface area contributed by atoms with Gasteiger partial charge in [-0.2, -0.15) is 10.5 Å². The molecule has 0 aliphatic rings. The molecule has 6 heteroatoms. The van der Waals surface area contributed by atoms with Crippen LogP contribution in [-0.2, 0) is 0 Å². The molecule has 330 valence electrons. The Kier molecular flexibility index (Phi) is 20.2. The Hall–Kier alpha value is -6.50. The third-order valence-corrected chi connectivity index (χ3v) is 11.6. The molecule has 0 unspecified atom stereocenters. The van der Waals surface area contributed by atoms with Crippen LogP contribution < -0.4 is 18.9 Å². The molecule has 6 nitrogen and oxygen atoms in total. The van der Waals surface area contributed by atoms with Crippen molar-refractivity contribution in [3.05, 3.63) is 157 Å². The molecule has 0 saturated carbocycles. The predicted molar refractivity (Wildman–Crippen MR) is 261 cm³/mol. The fraction of sp³-hybridized carbons (Fsp3) is 0.345. The number of ether oxygens (including phenoxy) is 4. The second-order valence-corrected chi connectivity index (χ2v) is 16.5. The highest BCUT2D eigenvalue weighted by atomic mass is 16.5. The lowest BCUT2D eigenvalue weighted by Crippen LogP contribution is -1.98. The maximum absolute atomic E-state index is 8.99. The number of unbranched alkanes of at least 4 members (excludes halogenated alkanes) is 14. The van der Waals surface area contributed by atoms with E-state index >= 15 is 0 Å². The molecule has 64 heavy (non-hydrogen) atoms. The molecule has 0 aliphatic carbocycles. The van der Waals surface area contributed by atoms with Crippen LogP contribution in [0.3, 0.4) is 0 Å². The van der Waals surface area contributed by atoms with Crippen LogP contribution in [0.1, 0.15) is 114 Å². The Labute approximate surface area is 382 Å². The summed E-state index contributed by atoms with van der Waals surface area (Å²) in [4.78, 5) is 0. The Morgan fingerprint density at radius 1 is 0.234 bits per heavy atom. The van der Waals surface area contributed by atoms with Gasteiger partial charge in [-0.15, -0.1) is 0 Å². The van der Waals surface area contributed by atoms with Crippen molar-refractivity contribution in [1.29, 1.82) is 10.5 Å². The summed E-state index contributed by atoms with van der Waals surface area (Å²) in [6.07, 6.45) is 19.2. The largest absolute Gasteiger partial charge is 0.494 e. The first-order valence-electron chi connectivity index (χ1n) is 23.6. The normalized spacial score (nSPS) is 10.8. The van der Waals surface area contributed by atoms with E-state index in [-0.39, 0.29) is 0 Å². The number of hydrogen-bond donors (Lipinski definition) is 0. The van der Waals surface area contributed by atoms with Gasteiger partial charge in [-0.1, -0.05) is 150 Å². The monoisotopic (exact) mass is 852 g/mol. The van der Waals surface area contributed by atoms with Crippen molar-refractivity contribution < 1.29 is 18.9 Å². The van der Waals surface area contributed by atoms with E-state index in [1.807, 2.05) is 72.8 Å². The summed E-state index contributed by atoms with van der Waals surface area (Å²) in [5.41, 5.74) is 8.17. The molecule has 0 amide bonds. The third kappa shape index (κ3) is 16.7. The molecule has 0 fully saturated rings. The second-order valence-electron chi connectivity index (χ2n) is 16.5. The zero-order chi connectivity index (χ0) is 44.3. The standard InChI is InChI=1S/C58H64N2O4/c59-45-47-17-21-49(22-18-47)51-25-33-55(34-26-51)61-41-13-9-5-1-3-7-11-15-43-63-57-37-29-53(30-38-57)54-31-39-58(40-32-54)64-44-16-12-8-4-2-6-10-14-42-62-56-35-27-52(28-36-56)50-23-19-48(46-60)20-24-50/h17-40H,1-16,41-44H2. The lowest BCUT2D eigenvalue weighted by Gasteiger charge is -2.09. The van der Waals surface area contributed by atoms with E-state index < -0.39 is 0 Å². The summed E-state index contributed by atoms with van der Waals surface area (Å²) < 4.78 is 24.0. The summed E-state index contributed by atoms with van der Waals surface area (Å²) in [5.74, 6) is 3.67. The topological polar surface area (TPSA) is 84.5 Å². The summed E-state index contributed by atoms with van der Waals surface area (Å²) in [6.45, 7) is 3.02. The molecular weight excluding hydrogens is 789 g/mol. The summed E-state index contributed by atoms with van der Waals surface area (Å²) in [5, 5.41) is 18.0. The molecule has 0 N–H and O–H groups in total. The van der Waals surface area contributed by atoms with Crippen molar-refractivity contribution in [3.63, 3.8) is 0 Å². The zero-order valence-corrected chi connectivity index (χ0v) is 37.5. The number of rotatable bonds is 29. The predicted octanol–water partition coefficient (Wildman–Crippen LogP) is 15.6. The minimum atomic E-state index is 0.676.